The molecule has 0 aromatic heterocycles. The minimum atomic E-state index is 0.291. The number of benzene rings is 1. The van der Waals surface area contributed by atoms with E-state index >= 15 is 0 Å². The number of rotatable bonds is 7. The van der Waals surface area contributed by atoms with Gasteiger partial charge in [-0.15, -0.1) is 0 Å². The summed E-state index contributed by atoms with van der Waals surface area (Å²) in [7, 11) is 0. The summed E-state index contributed by atoms with van der Waals surface area (Å²) in [6.07, 6.45) is 1.02. The van der Waals surface area contributed by atoms with Gasteiger partial charge in [-0.3, -0.25) is 0 Å². The first-order valence-electron chi connectivity index (χ1n) is 7.55. The molecular weight excluding hydrogens is 289 g/mol. The zero-order valence-corrected chi connectivity index (χ0v) is 14.7. The Bertz CT molecular complexity index is 407. The number of nitrogens with one attached hydrogen (secondary N) is 1. The second-order valence-corrected chi connectivity index (χ2v) is 7.03. The standard InChI is InChI=1S/C17H27Cl2N/c1-6-17(14-8-7-13(18)9-16(14)19)20-10-15(11(2)3)12(4)5/h7-9,11-12,15,17,20H,6,10H2,1-5H3. The highest BCUT2D eigenvalue weighted by atomic mass is 35.5. The summed E-state index contributed by atoms with van der Waals surface area (Å²) in [6, 6.07) is 6.06. The maximum Gasteiger partial charge on any atom is 0.0468 e. The molecule has 3 heteroatoms. The van der Waals surface area contributed by atoms with Gasteiger partial charge < -0.3 is 5.32 Å². The van der Waals surface area contributed by atoms with Gasteiger partial charge in [-0.05, 0) is 48.4 Å². The summed E-state index contributed by atoms with van der Waals surface area (Å²) < 4.78 is 0. The van der Waals surface area contributed by atoms with Gasteiger partial charge in [0.25, 0.3) is 0 Å². The molecule has 0 saturated heterocycles. The summed E-state index contributed by atoms with van der Waals surface area (Å²) in [5, 5.41) is 5.12. The Morgan fingerprint density at radius 1 is 1.05 bits per heavy atom. The van der Waals surface area contributed by atoms with Crippen molar-refractivity contribution in [1.82, 2.24) is 5.32 Å². The van der Waals surface area contributed by atoms with Crippen molar-refractivity contribution in [2.45, 2.75) is 47.1 Å². The molecule has 0 aliphatic heterocycles. The summed E-state index contributed by atoms with van der Waals surface area (Å²) >= 11 is 12.3. The van der Waals surface area contributed by atoms with Gasteiger partial charge in [0.05, 0.1) is 0 Å². The molecule has 0 spiro atoms. The normalized spacial score (nSPS) is 13.5. The fourth-order valence-electron chi connectivity index (χ4n) is 2.78. The van der Waals surface area contributed by atoms with Crippen molar-refractivity contribution in [1.29, 1.82) is 0 Å². The van der Waals surface area contributed by atoms with Crippen molar-refractivity contribution in [3.05, 3.63) is 33.8 Å². The summed E-state index contributed by atoms with van der Waals surface area (Å²) in [5.41, 5.74) is 1.14. The van der Waals surface area contributed by atoms with Crippen LogP contribution in [0.15, 0.2) is 18.2 Å². The van der Waals surface area contributed by atoms with E-state index in [2.05, 4.69) is 39.9 Å². The molecule has 0 radical (unpaired) electrons. The van der Waals surface area contributed by atoms with Crippen LogP contribution < -0.4 is 5.32 Å². The number of hydrogen-bond donors (Lipinski definition) is 1. The zero-order valence-electron chi connectivity index (χ0n) is 13.2. The first kappa shape index (κ1) is 17.8. The highest BCUT2D eigenvalue weighted by Gasteiger charge is 2.20. The Morgan fingerprint density at radius 2 is 1.65 bits per heavy atom. The highest BCUT2D eigenvalue weighted by molar-refractivity contribution is 6.35. The fourth-order valence-corrected chi connectivity index (χ4v) is 3.32. The summed E-state index contributed by atoms with van der Waals surface area (Å²) in [6.45, 7) is 12.4. The van der Waals surface area contributed by atoms with Crippen LogP contribution in [0, 0.1) is 17.8 Å². The average molecular weight is 316 g/mol. The number of hydrogen-bond acceptors (Lipinski definition) is 1. The Morgan fingerprint density at radius 3 is 2.10 bits per heavy atom. The SMILES string of the molecule is CCC(NCC(C(C)C)C(C)C)c1ccc(Cl)cc1Cl. The monoisotopic (exact) mass is 315 g/mol. The lowest BCUT2D eigenvalue weighted by Gasteiger charge is -2.28. The molecule has 0 fully saturated rings. The quantitative estimate of drug-likeness (QED) is 0.654. The van der Waals surface area contributed by atoms with Crippen LogP contribution in [0.5, 0.6) is 0 Å². The second-order valence-electron chi connectivity index (χ2n) is 6.19. The molecule has 0 amide bonds. The molecule has 1 aromatic carbocycles. The van der Waals surface area contributed by atoms with Gasteiger partial charge in [0.15, 0.2) is 0 Å². The van der Waals surface area contributed by atoms with Gasteiger partial charge in [-0.25, -0.2) is 0 Å². The predicted octanol–water partition coefficient (Wildman–Crippen LogP) is 5.96. The lowest BCUT2D eigenvalue weighted by atomic mass is 9.85. The summed E-state index contributed by atoms with van der Waals surface area (Å²) in [5.74, 6) is 2.04. The molecule has 1 N–H and O–H groups in total. The van der Waals surface area contributed by atoms with E-state index in [0.717, 1.165) is 23.6 Å². The molecule has 0 heterocycles. The Kier molecular flexibility index (Phi) is 7.36. The molecule has 114 valence electrons. The Labute approximate surface area is 134 Å². The number of halogens is 2. The van der Waals surface area contributed by atoms with Gasteiger partial charge in [0.2, 0.25) is 0 Å². The molecule has 20 heavy (non-hydrogen) atoms. The van der Waals surface area contributed by atoms with Gasteiger partial charge >= 0.3 is 0 Å². The molecule has 1 aromatic rings. The minimum Gasteiger partial charge on any atom is -0.310 e. The van der Waals surface area contributed by atoms with Gasteiger partial charge in [-0.1, -0.05) is 63.9 Å². The molecule has 1 rings (SSSR count). The van der Waals surface area contributed by atoms with E-state index in [1.165, 1.54) is 0 Å². The zero-order chi connectivity index (χ0) is 15.3. The van der Waals surface area contributed by atoms with Crippen molar-refractivity contribution in [3.63, 3.8) is 0 Å². The molecule has 0 bridgehead atoms. The third kappa shape index (κ3) is 4.95. The van der Waals surface area contributed by atoms with Crippen LogP contribution in [-0.2, 0) is 0 Å². The van der Waals surface area contributed by atoms with Crippen molar-refractivity contribution >= 4 is 23.2 Å². The lowest BCUT2D eigenvalue weighted by molar-refractivity contribution is 0.264. The first-order chi connectivity index (χ1) is 9.36. The lowest BCUT2D eigenvalue weighted by Crippen LogP contribution is -2.32. The Balaban J connectivity index is 2.76. The van der Waals surface area contributed by atoms with E-state index in [1.807, 2.05) is 18.2 Å². The smallest absolute Gasteiger partial charge is 0.0468 e. The van der Waals surface area contributed by atoms with Gasteiger partial charge in [-0.2, -0.15) is 0 Å². The van der Waals surface area contributed by atoms with Crippen LogP contribution in [0.25, 0.3) is 0 Å². The van der Waals surface area contributed by atoms with Crippen LogP contribution in [0.1, 0.15) is 52.6 Å². The topological polar surface area (TPSA) is 12.0 Å². The van der Waals surface area contributed by atoms with Crippen LogP contribution in [0.4, 0.5) is 0 Å². The summed E-state index contributed by atoms with van der Waals surface area (Å²) in [4.78, 5) is 0. The van der Waals surface area contributed by atoms with E-state index in [0.29, 0.717) is 28.8 Å². The largest absolute Gasteiger partial charge is 0.310 e. The van der Waals surface area contributed by atoms with Crippen molar-refractivity contribution in [3.8, 4) is 0 Å². The molecule has 1 unspecified atom stereocenters. The molecule has 1 atom stereocenters. The molecule has 1 nitrogen and oxygen atoms in total. The van der Waals surface area contributed by atoms with E-state index in [4.69, 9.17) is 23.2 Å². The maximum atomic E-state index is 6.32. The second kappa shape index (κ2) is 8.26. The third-order valence-electron chi connectivity index (χ3n) is 4.06. The average Bonchev–Trinajstić information content (AvgIpc) is 2.34. The Hall–Kier alpha value is -0.240. The van der Waals surface area contributed by atoms with Crippen LogP contribution in [-0.4, -0.2) is 6.54 Å². The van der Waals surface area contributed by atoms with Crippen LogP contribution in [0.2, 0.25) is 10.0 Å². The molecule has 0 aliphatic rings. The van der Waals surface area contributed by atoms with E-state index in [1.54, 1.807) is 0 Å². The predicted molar refractivity (Wildman–Crippen MR) is 90.7 cm³/mol. The van der Waals surface area contributed by atoms with Crippen LogP contribution in [0.3, 0.4) is 0 Å². The fraction of sp³-hybridized carbons (Fsp3) is 0.647. The highest BCUT2D eigenvalue weighted by Crippen LogP contribution is 2.29. The minimum absolute atomic E-state index is 0.291. The maximum absolute atomic E-state index is 6.32. The molecule has 0 saturated carbocycles. The third-order valence-corrected chi connectivity index (χ3v) is 4.62. The van der Waals surface area contributed by atoms with E-state index < -0.39 is 0 Å². The van der Waals surface area contributed by atoms with E-state index in [9.17, 15) is 0 Å². The van der Waals surface area contributed by atoms with Crippen LogP contribution >= 0.6 is 23.2 Å². The van der Waals surface area contributed by atoms with E-state index in [-0.39, 0.29) is 0 Å². The first-order valence-corrected chi connectivity index (χ1v) is 8.30. The van der Waals surface area contributed by atoms with Gasteiger partial charge in [0.1, 0.15) is 0 Å². The molecular formula is C17H27Cl2N. The van der Waals surface area contributed by atoms with Crippen molar-refractivity contribution in [2.24, 2.45) is 17.8 Å². The molecule has 0 aliphatic carbocycles. The van der Waals surface area contributed by atoms with Crippen molar-refractivity contribution in [2.75, 3.05) is 6.54 Å². The van der Waals surface area contributed by atoms with Gasteiger partial charge in [0, 0.05) is 16.1 Å². The van der Waals surface area contributed by atoms with Crippen molar-refractivity contribution < 1.29 is 0 Å².